The maximum Gasteiger partial charge on any atom is 0.188 e. The van der Waals surface area contributed by atoms with E-state index < -0.39 is 0 Å². The Labute approximate surface area is 147 Å². The van der Waals surface area contributed by atoms with Gasteiger partial charge in [0.1, 0.15) is 0 Å². The van der Waals surface area contributed by atoms with Crippen molar-refractivity contribution in [3.05, 3.63) is 59.6 Å². The molecule has 4 heteroatoms. The molecule has 1 saturated carbocycles. The second-order valence-corrected chi connectivity index (χ2v) is 7.16. The number of nitrogen functional groups attached to an aromatic ring is 1. The Kier molecular flexibility index (Phi) is 3.55. The molecule has 0 spiro atoms. The number of aromatic nitrogens is 1. The van der Waals surface area contributed by atoms with E-state index in [1.165, 1.54) is 0 Å². The summed E-state index contributed by atoms with van der Waals surface area (Å²) in [5.74, 6) is 0. The first kappa shape index (κ1) is 15.7. The molecule has 0 saturated heterocycles. The van der Waals surface area contributed by atoms with Gasteiger partial charge in [-0.15, -0.1) is 0 Å². The lowest BCUT2D eigenvalue weighted by atomic mass is 9.99. The molecule has 0 atom stereocenters. The first-order valence-electron chi connectivity index (χ1n) is 8.54. The van der Waals surface area contributed by atoms with Gasteiger partial charge in [-0.2, -0.15) is 0 Å². The van der Waals surface area contributed by atoms with Gasteiger partial charge in [0.2, 0.25) is 0 Å². The number of aliphatic hydroxyl groups is 1. The maximum absolute atomic E-state index is 9.71. The monoisotopic (exact) mass is 331 g/mol. The quantitative estimate of drug-likeness (QED) is 0.545. The fourth-order valence-corrected chi connectivity index (χ4v) is 3.55. The van der Waals surface area contributed by atoms with Crippen molar-refractivity contribution in [3.63, 3.8) is 0 Å². The van der Waals surface area contributed by atoms with Crippen LogP contribution in [0.1, 0.15) is 18.4 Å². The highest BCUT2D eigenvalue weighted by atomic mass is 16.3. The normalized spacial score (nSPS) is 15.2. The second kappa shape index (κ2) is 5.65. The lowest BCUT2D eigenvalue weighted by Crippen LogP contribution is -2.14. The van der Waals surface area contributed by atoms with Gasteiger partial charge < -0.3 is 15.4 Å². The zero-order valence-electron chi connectivity index (χ0n) is 14.3. The lowest BCUT2D eigenvalue weighted by molar-refractivity contribution is 0.196. The SMILES string of the molecule is [C-]#[N+]c1ccc2c(c1)c(-c1cccc(N)c1C)cn2CC1(CO)CC1. The summed E-state index contributed by atoms with van der Waals surface area (Å²) in [5, 5.41) is 10.8. The highest BCUT2D eigenvalue weighted by Crippen LogP contribution is 2.48. The van der Waals surface area contributed by atoms with Crippen molar-refractivity contribution >= 4 is 22.3 Å². The molecule has 0 aliphatic heterocycles. The van der Waals surface area contributed by atoms with Crippen LogP contribution in [0.5, 0.6) is 0 Å². The predicted octanol–water partition coefficient (Wildman–Crippen LogP) is 4.52. The summed E-state index contributed by atoms with van der Waals surface area (Å²) in [4.78, 5) is 3.58. The van der Waals surface area contributed by atoms with Gasteiger partial charge in [-0.05, 0) is 54.5 Å². The molecule has 1 heterocycles. The fraction of sp³-hybridized carbons (Fsp3) is 0.286. The van der Waals surface area contributed by atoms with Crippen LogP contribution in [0.2, 0.25) is 0 Å². The molecule has 0 amide bonds. The standard InChI is InChI=1S/C21H21N3O/c1-14-16(4-3-5-19(14)22)18-11-24(12-21(13-25)8-9-21)20-7-6-15(23-2)10-17(18)20/h3-7,10-11,25H,8-9,12-13,22H2,1H3. The molecule has 25 heavy (non-hydrogen) atoms. The maximum atomic E-state index is 9.71. The smallest absolute Gasteiger partial charge is 0.188 e. The first-order valence-corrected chi connectivity index (χ1v) is 8.54. The third kappa shape index (κ3) is 2.57. The Hall–Kier alpha value is -2.77. The minimum absolute atomic E-state index is 0.0203. The van der Waals surface area contributed by atoms with E-state index in [4.69, 9.17) is 12.3 Å². The van der Waals surface area contributed by atoms with E-state index in [1.807, 2.05) is 37.3 Å². The van der Waals surface area contributed by atoms with Crippen LogP contribution in [0, 0.1) is 18.9 Å². The largest absolute Gasteiger partial charge is 0.398 e. The Morgan fingerprint density at radius 2 is 2.04 bits per heavy atom. The van der Waals surface area contributed by atoms with Crippen molar-refractivity contribution in [1.29, 1.82) is 0 Å². The third-order valence-electron chi connectivity index (χ3n) is 5.46. The minimum atomic E-state index is 0.0203. The summed E-state index contributed by atoms with van der Waals surface area (Å²) in [6.07, 6.45) is 4.28. The molecule has 2 aromatic carbocycles. The highest BCUT2D eigenvalue weighted by molar-refractivity contribution is 5.99. The number of nitrogens with zero attached hydrogens (tertiary/aromatic N) is 2. The molecule has 1 aliphatic rings. The molecule has 0 bridgehead atoms. The van der Waals surface area contributed by atoms with Crippen LogP contribution in [0.15, 0.2) is 42.6 Å². The van der Waals surface area contributed by atoms with Gasteiger partial charge >= 0.3 is 0 Å². The fourth-order valence-electron chi connectivity index (χ4n) is 3.55. The van der Waals surface area contributed by atoms with Gasteiger partial charge in [-0.3, -0.25) is 0 Å². The number of anilines is 1. The van der Waals surface area contributed by atoms with Gasteiger partial charge in [-0.1, -0.05) is 18.2 Å². The van der Waals surface area contributed by atoms with E-state index in [2.05, 4.69) is 21.7 Å². The molecule has 126 valence electrons. The molecule has 3 N–H and O–H groups in total. The van der Waals surface area contributed by atoms with E-state index in [0.29, 0.717) is 5.69 Å². The lowest BCUT2D eigenvalue weighted by Gasteiger charge is -2.13. The molecule has 3 aromatic rings. The van der Waals surface area contributed by atoms with E-state index in [0.717, 1.165) is 52.7 Å². The van der Waals surface area contributed by atoms with Crippen molar-refractivity contribution in [2.75, 3.05) is 12.3 Å². The Morgan fingerprint density at radius 1 is 1.24 bits per heavy atom. The third-order valence-corrected chi connectivity index (χ3v) is 5.46. The Morgan fingerprint density at radius 3 is 2.72 bits per heavy atom. The molecule has 1 aliphatic carbocycles. The summed E-state index contributed by atoms with van der Waals surface area (Å²) in [6, 6.07) is 11.8. The van der Waals surface area contributed by atoms with Crippen LogP contribution in [-0.4, -0.2) is 16.3 Å². The summed E-state index contributed by atoms with van der Waals surface area (Å²) < 4.78 is 2.23. The van der Waals surface area contributed by atoms with E-state index in [1.54, 1.807) is 0 Å². The number of fused-ring (bicyclic) bond motifs is 1. The molecule has 4 nitrogen and oxygen atoms in total. The van der Waals surface area contributed by atoms with Crippen LogP contribution < -0.4 is 5.73 Å². The van der Waals surface area contributed by atoms with E-state index in [9.17, 15) is 5.11 Å². The van der Waals surface area contributed by atoms with Crippen LogP contribution in [0.25, 0.3) is 26.9 Å². The summed E-state index contributed by atoms with van der Waals surface area (Å²) in [7, 11) is 0. The average Bonchev–Trinajstić information content (AvgIpc) is 3.32. The number of benzene rings is 2. The van der Waals surface area contributed by atoms with Crippen molar-refractivity contribution in [2.45, 2.75) is 26.3 Å². The molecule has 0 unspecified atom stereocenters. The molecule has 4 rings (SSSR count). The van der Waals surface area contributed by atoms with Crippen molar-refractivity contribution in [2.24, 2.45) is 5.41 Å². The Bertz CT molecular complexity index is 1010. The second-order valence-electron chi connectivity index (χ2n) is 7.16. The van der Waals surface area contributed by atoms with Crippen molar-refractivity contribution in [3.8, 4) is 11.1 Å². The molecule has 0 radical (unpaired) electrons. The van der Waals surface area contributed by atoms with E-state index >= 15 is 0 Å². The number of aliphatic hydroxyl groups excluding tert-OH is 1. The van der Waals surface area contributed by atoms with Crippen molar-refractivity contribution in [1.82, 2.24) is 4.57 Å². The summed E-state index contributed by atoms with van der Waals surface area (Å²) >= 11 is 0. The van der Waals surface area contributed by atoms with Gasteiger partial charge in [0.05, 0.1) is 13.2 Å². The summed E-state index contributed by atoms with van der Waals surface area (Å²) in [5.41, 5.74) is 11.9. The molecule has 1 aromatic heterocycles. The van der Waals surface area contributed by atoms with Crippen LogP contribution in [0.3, 0.4) is 0 Å². The van der Waals surface area contributed by atoms with Crippen LogP contribution in [-0.2, 0) is 6.54 Å². The van der Waals surface area contributed by atoms with E-state index in [-0.39, 0.29) is 12.0 Å². The highest BCUT2D eigenvalue weighted by Gasteiger charge is 2.42. The molecule has 1 fully saturated rings. The van der Waals surface area contributed by atoms with Gasteiger partial charge in [0, 0.05) is 34.9 Å². The van der Waals surface area contributed by atoms with Crippen LogP contribution >= 0.6 is 0 Å². The van der Waals surface area contributed by atoms with Gasteiger partial charge in [0.15, 0.2) is 5.69 Å². The first-order chi connectivity index (χ1) is 12.1. The summed E-state index contributed by atoms with van der Waals surface area (Å²) in [6.45, 7) is 10.4. The number of hydrogen-bond acceptors (Lipinski definition) is 2. The van der Waals surface area contributed by atoms with Crippen LogP contribution in [0.4, 0.5) is 11.4 Å². The predicted molar refractivity (Wildman–Crippen MR) is 102 cm³/mol. The zero-order chi connectivity index (χ0) is 17.6. The molecular weight excluding hydrogens is 310 g/mol. The topological polar surface area (TPSA) is 55.5 Å². The minimum Gasteiger partial charge on any atom is -0.398 e. The molecular formula is C21H21N3O. The average molecular weight is 331 g/mol. The number of rotatable bonds is 4. The van der Waals surface area contributed by atoms with Crippen molar-refractivity contribution < 1.29 is 5.11 Å². The number of nitrogens with two attached hydrogens (primary N) is 1. The van der Waals surface area contributed by atoms with Gasteiger partial charge in [0.25, 0.3) is 0 Å². The zero-order valence-corrected chi connectivity index (χ0v) is 14.3. The van der Waals surface area contributed by atoms with Gasteiger partial charge in [-0.25, -0.2) is 4.85 Å². The Balaban J connectivity index is 1.94. The number of hydrogen-bond donors (Lipinski definition) is 2.